The standard InChI is InChI=1S/C14H14BrClN2O2S/c1-9(18-11-5-6-13(15)14(16)8-11)10-3-2-4-12(7-10)21(17,19)20/h2-9,18H,1H3,(H2,17,19,20). The van der Waals surface area contributed by atoms with Crippen LogP contribution in [0.15, 0.2) is 51.8 Å². The van der Waals surface area contributed by atoms with Gasteiger partial charge in [0.05, 0.1) is 9.92 Å². The zero-order valence-corrected chi connectivity index (χ0v) is 14.3. The average molecular weight is 390 g/mol. The lowest BCUT2D eigenvalue weighted by Crippen LogP contribution is -2.13. The van der Waals surface area contributed by atoms with E-state index >= 15 is 0 Å². The third kappa shape index (κ3) is 4.20. The number of halogens is 2. The Labute approximate surface area is 137 Å². The first-order valence-electron chi connectivity index (χ1n) is 6.12. The van der Waals surface area contributed by atoms with Crippen LogP contribution in [0.2, 0.25) is 5.02 Å². The van der Waals surface area contributed by atoms with E-state index in [4.69, 9.17) is 16.7 Å². The summed E-state index contributed by atoms with van der Waals surface area (Å²) in [5.41, 5.74) is 1.66. The molecule has 7 heteroatoms. The molecule has 0 aromatic heterocycles. The van der Waals surface area contributed by atoms with Gasteiger partial charge in [-0.3, -0.25) is 0 Å². The molecule has 0 amide bonds. The Balaban J connectivity index is 2.24. The number of anilines is 1. The van der Waals surface area contributed by atoms with E-state index in [2.05, 4.69) is 21.2 Å². The van der Waals surface area contributed by atoms with Gasteiger partial charge >= 0.3 is 0 Å². The minimum Gasteiger partial charge on any atom is -0.378 e. The molecule has 0 saturated carbocycles. The van der Waals surface area contributed by atoms with Gasteiger partial charge in [0.2, 0.25) is 10.0 Å². The van der Waals surface area contributed by atoms with Crippen molar-refractivity contribution in [3.05, 3.63) is 57.5 Å². The van der Waals surface area contributed by atoms with E-state index in [9.17, 15) is 8.42 Å². The van der Waals surface area contributed by atoms with Crippen molar-refractivity contribution in [3.8, 4) is 0 Å². The van der Waals surface area contributed by atoms with E-state index < -0.39 is 10.0 Å². The molecule has 0 aliphatic rings. The van der Waals surface area contributed by atoms with Gasteiger partial charge in [-0.05, 0) is 58.7 Å². The van der Waals surface area contributed by atoms with Gasteiger partial charge in [0.25, 0.3) is 0 Å². The predicted octanol–water partition coefficient (Wildman–Crippen LogP) is 3.92. The normalized spacial score (nSPS) is 13.0. The number of sulfonamides is 1. The molecule has 0 radical (unpaired) electrons. The SMILES string of the molecule is CC(Nc1ccc(Br)c(Cl)c1)c1cccc(S(N)(=O)=O)c1. The molecule has 2 aromatic carbocycles. The molecule has 4 nitrogen and oxygen atoms in total. The van der Waals surface area contributed by atoms with Crippen LogP contribution in [-0.4, -0.2) is 8.42 Å². The Morgan fingerprint density at radius 1 is 1.24 bits per heavy atom. The van der Waals surface area contributed by atoms with Crippen LogP contribution in [0.1, 0.15) is 18.5 Å². The van der Waals surface area contributed by atoms with Crippen LogP contribution >= 0.6 is 27.5 Å². The number of benzene rings is 2. The van der Waals surface area contributed by atoms with E-state index in [0.29, 0.717) is 5.02 Å². The molecule has 21 heavy (non-hydrogen) atoms. The summed E-state index contributed by atoms with van der Waals surface area (Å²) in [5, 5.41) is 9.01. The number of rotatable bonds is 4. The molecule has 2 rings (SSSR count). The van der Waals surface area contributed by atoms with Crippen molar-refractivity contribution >= 4 is 43.2 Å². The summed E-state index contributed by atoms with van der Waals surface area (Å²) in [7, 11) is -3.70. The highest BCUT2D eigenvalue weighted by Crippen LogP contribution is 2.28. The van der Waals surface area contributed by atoms with E-state index in [1.54, 1.807) is 18.2 Å². The minimum absolute atomic E-state index is 0.0936. The molecule has 0 heterocycles. The van der Waals surface area contributed by atoms with Gasteiger partial charge in [0.15, 0.2) is 0 Å². The summed E-state index contributed by atoms with van der Waals surface area (Å²) in [6.45, 7) is 1.93. The van der Waals surface area contributed by atoms with Crippen LogP contribution in [0.3, 0.4) is 0 Å². The van der Waals surface area contributed by atoms with Gasteiger partial charge in [-0.15, -0.1) is 0 Å². The highest BCUT2D eigenvalue weighted by Gasteiger charge is 2.12. The summed E-state index contributed by atoms with van der Waals surface area (Å²) in [6.07, 6.45) is 0. The fourth-order valence-electron chi connectivity index (χ4n) is 1.88. The summed E-state index contributed by atoms with van der Waals surface area (Å²) in [4.78, 5) is 0.0995. The van der Waals surface area contributed by atoms with Crippen molar-refractivity contribution < 1.29 is 8.42 Å². The van der Waals surface area contributed by atoms with Crippen molar-refractivity contribution in [2.45, 2.75) is 17.9 Å². The van der Waals surface area contributed by atoms with Crippen LogP contribution in [0.5, 0.6) is 0 Å². The van der Waals surface area contributed by atoms with Gasteiger partial charge in [-0.2, -0.15) is 0 Å². The van der Waals surface area contributed by atoms with Crippen molar-refractivity contribution in [1.29, 1.82) is 0 Å². The van der Waals surface area contributed by atoms with Crippen molar-refractivity contribution in [1.82, 2.24) is 0 Å². The Morgan fingerprint density at radius 2 is 1.95 bits per heavy atom. The van der Waals surface area contributed by atoms with Crippen molar-refractivity contribution in [2.75, 3.05) is 5.32 Å². The summed E-state index contributed by atoms with van der Waals surface area (Å²) >= 11 is 9.38. The Bertz CT molecular complexity index is 765. The predicted molar refractivity (Wildman–Crippen MR) is 89.0 cm³/mol. The molecule has 2 aromatic rings. The largest absolute Gasteiger partial charge is 0.378 e. The molecule has 0 fully saturated rings. The van der Waals surface area contributed by atoms with E-state index in [-0.39, 0.29) is 10.9 Å². The van der Waals surface area contributed by atoms with Crippen LogP contribution in [-0.2, 0) is 10.0 Å². The first-order valence-corrected chi connectivity index (χ1v) is 8.83. The molecular formula is C14H14BrClN2O2S. The fraction of sp³-hybridized carbons (Fsp3) is 0.143. The van der Waals surface area contributed by atoms with Gasteiger partial charge in [0, 0.05) is 16.2 Å². The second kappa shape index (κ2) is 6.36. The maximum atomic E-state index is 11.4. The van der Waals surface area contributed by atoms with Crippen LogP contribution in [0.25, 0.3) is 0 Å². The van der Waals surface area contributed by atoms with Gasteiger partial charge in [-0.1, -0.05) is 23.7 Å². The molecule has 0 aliphatic heterocycles. The highest BCUT2D eigenvalue weighted by atomic mass is 79.9. The van der Waals surface area contributed by atoms with Gasteiger partial charge in [-0.25, -0.2) is 13.6 Å². The molecule has 1 atom stereocenters. The Morgan fingerprint density at radius 3 is 2.57 bits per heavy atom. The minimum atomic E-state index is -3.70. The summed E-state index contributed by atoms with van der Waals surface area (Å²) < 4.78 is 23.6. The highest BCUT2D eigenvalue weighted by molar-refractivity contribution is 9.10. The van der Waals surface area contributed by atoms with Crippen LogP contribution in [0.4, 0.5) is 5.69 Å². The molecule has 3 N–H and O–H groups in total. The lowest BCUT2D eigenvalue weighted by atomic mass is 10.1. The smallest absolute Gasteiger partial charge is 0.238 e. The molecule has 112 valence electrons. The van der Waals surface area contributed by atoms with Gasteiger partial charge in [0.1, 0.15) is 0 Å². The molecule has 0 bridgehead atoms. The van der Waals surface area contributed by atoms with Crippen LogP contribution in [0, 0.1) is 0 Å². The lowest BCUT2D eigenvalue weighted by molar-refractivity contribution is 0.597. The average Bonchev–Trinajstić information content (AvgIpc) is 2.42. The van der Waals surface area contributed by atoms with Gasteiger partial charge < -0.3 is 5.32 Å². The third-order valence-electron chi connectivity index (χ3n) is 2.99. The first kappa shape index (κ1) is 16.3. The molecule has 0 aliphatic carbocycles. The second-order valence-corrected chi connectivity index (χ2v) is 7.44. The Hall–Kier alpha value is -1.08. The number of primary sulfonamides is 1. The maximum absolute atomic E-state index is 11.4. The Kier molecular flexibility index (Phi) is 4.93. The first-order chi connectivity index (χ1) is 9.77. The number of hydrogen-bond donors (Lipinski definition) is 2. The van der Waals surface area contributed by atoms with E-state index in [0.717, 1.165) is 15.7 Å². The molecule has 0 spiro atoms. The van der Waals surface area contributed by atoms with E-state index in [1.165, 1.54) is 6.07 Å². The van der Waals surface area contributed by atoms with Crippen LogP contribution < -0.4 is 10.5 Å². The van der Waals surface area contributed by atoms with Crippen molar-refractivity contribution in [2.24, 2.45) is 5.14 Å². The monoisotopic (exact) mass is 388 g/mol. The number of nitrogens with two attached hydrogens (primary N) is 1. The quantitative estimate of drug-likeness (QED) is 0.832. The zero-order chi connectivity index (χ0) is 15.6. The van der Waals surface area contributed by atoms with Crippen molar-refractivity contribution in [3.63, 3.8) is 0 Å². The second-order valence-electron chi connectivity index (χ2n) is 4.61. The van der Waals surface area contributed by atoms with E-state index in [1.807, 2.05) is 25.1 Å². The number of hydrogen-bond acceptors (Lipinski definition) is 3. The zero-order valence-electron chi connectivity index (χ0n) is 11.2. The molecule has 1 unspecified atom stereocenters. The summed E-state index contributed by atoms with van der Waals surface area (Å²) in [5.74, 6) is 0. The molecule has 0 saturated heterocycles. The maximum Gasteiger partial charge on any atom is 0.238 e. The topological polar surface area (TPSA) is 72.2 Å². The third-order valence-corrected chi connectivity index (χ3v) is 5.13. The fourth-order valence-corrected chi connectivity index (χ4v) is 2.88. The number of nitrogens with one attached hydrogen (secondary N) is 1. The lowest BCUT2D eigenvalue weighted by Gasteiger charge is -2.17. The summed E-state index contributed by atoms with van der Waals surface area (Å²) in [6, 6.07) is 12.0. The molecular weight excluding hydrogens is 376 g/mol.